The third-order valence-electron chi connectivity index (χ3n) is 5.66. The van der Waals surface area contributed by atoms with Gasteiger partial charge in [0.15, 0.2) is 11.6 Å². The molecular weight excluding hydrogens is 427 g/mol. The van der Waals surface area contributed by atoms with Crippen LogP contribution in [0.2, 0.25) is 0 Å². The van der Waals surface area contributed by atoms with E-state index in [0.29, 0.717) is 53.5 Å². The Kier molecular flexibility index (Phi) is 6.42. The second-order valence-corrected chi connectivity index (χ2v) is 8.27. The number of fused-ring (bicyclic) bond motifs is 1. The van der Waals surface area contributed by atoms with E-state index in [1.54, 1.807) is 25.6 Å². The van der Waals surface area contributed by atoms with Crippen molar-refractivity contribution in [1.29, 1.82) is 0 Å². The van der Waals surface area contributed by atoms with Gasteiger partial charge < -0.3 is 20.1 Å². The summed E-state index contributed by atoms with van der Waals surface area (Å²) < 4.78 is 27.2. The molecule has 2 aliphatic heterocycles. The molecule has 1 atom stereocenters. The number of hydrogen-bond donors (Lipinski definition) is 3. The van der Waals surface area contributed by atoms with Crippen molar-refractivity contribution in [2.24, 2.45) is 4.99 Å². The van der Waals surface area contributed by atoms with Gasteiger partial charge in [-0.3, -0.25) is 5.32 Å². The van der Waals surface area contributed by atoms with E-state index in [-0.39, 0.29) is 5.82 Å². The summed E-state index contributed by atoms with van der Waals surface area (Å²) in [5.74, 6) is 3.05. The largest absolute Gasteiger partial charge is 0.373 e. The van der Waals surface area contributed by atoms with Gasteiger partial charge in [-0.2, -0.15) is 0 Å². The van der Waals surface area contributed by atoms with E-state index in [1.165, 1.54) is 0 Å². The second kappa shape index (κ2) is 9.27. The molecule has 0 saturated carbocycles. The Morgan fingerprint density at radius 2 is 2.15 bits per heavy atom. The summed E-state index contributed by atoms with van der Waals surface area (Å²) >= 11 is 0. The molecule has 1 saturated heterocycles. The molecule has 9 nitrogen and oxygen atoms in total. The van der Waals surface area contributed by atoms with Crippen LogP contribution in [0.15, 0.2) is 29.3 Å². The number of hydrogen-bond acceptors (Lipinski definition) is 7. The molecule has 1 fully saturated rings. The fourth-order valence-electron chi connectivity index (χ4n) is 3.72. The zero-order chi connectivity index (χ0) is 23.6. The van der Waals surface area contributed by atoms with Crippen LogP contribution in [-0.4, -0.2) is 42.1 Å². The molecule has 33 heavy (non-hydrogen) atoms. The summed E-state index contributed by atoms with van der Waals surface area (Å²) in [6.45, 7) is 6.54. The standard InChI is InChI=1S/C23H27FN6O3/c1-5-25-22(31)30-17-12-26-15-9-14(13-10-27-21(28-11-13)23(2,3)32-4)19(24)18(20(15)29-17)16-7-6-8-33-16/h9-11,16,29H,5-8H2,1-4H3,(H2,25,30,31)/t16-/m1/s1. The van der Waals surface area contributed by atoms with E-state index in [1.807, 2.05) is 20.8 Å². The Balaban J connectivity index is 1.77. The summed E-state index contributed by atoms with van der Waals surface area (Å²) in [6.07, 6.45) is 4.22. The lowest BCUT2D eigenvalue weighted by atomic mass is 9.96. The lowest BCUT2D eigenvalue weighted by Gasteiger charge is -2.24. The van der Waals surface area contributed by atoms with Crippen LogP contribution in [0.25, 0.3) is 11.1 Å². The lowest BCUT2D eigenvalue weighted by molar-refractivity contribution is 0.0115. The first-order chi connectivity index (χ1) is 15.8. The number of amides is 2. The van der Waals surface area contributed by atoms with Gasteiger partial charge in [0.1, 0.15) is 11.4 Å². The Morgan fingerprint density at radius 3 is 2.79 bits per heavy atom. The van der Waals surface area contributed by atoms with Gasteiger partial charge in [0.05, 0.1) is 17.5 Å². The van der Waals surface area contributed by atoms with Crippen molar-refractivity contribution >= 4 is 23.3 Å². The van der Waals surface area contributed by atoms with Gasteiger partial charge >= 0.3 is 6.03 Å². The number of nitrogens with zero attached hydrogens (tertiary/aromatic N) is 3. The summed E-state index contributed by atoms with van der Waals surface area (Å²) in [6, 6.07) is 1.21. The number of urea groups is 1. The number of carbonyl (C=O) groups is 1. The minimum absolute atomic E-state index is 0.231. The van der Waals surface area contributed by atoms with Crippen LogP contribution in [0.5, 0.6) is 0 Å². The second-order valence-electron chi connectivity index (χ2n) is 8.27. The molecule has 0 unspecified atom stereocenters. The van der Waals surface area contributed by atoms with Crippen LogP contribution in [0.1, 0.15) is 51.1 Å². The molecule has 0 aliphatic carbocycles. The van der Waals surface area contributed by atoms with Crippen molar-refractivity contribution < 1.29 is 18.7 Å². The van der Waals surface area contributed by atoms with Gasteiger partial charge in [-0.25, -0.2) is 24.1 Å². The Hall–Kier alpha value is -3.33. The number of rotatable bonds is 6. The molecule has 10 heteroatoms. The van der Waals surface area contributed by atoms with E-state index < -0.39 is 23.6 Å². The zero-order valence-corrected chi connectivity index (χ0v) is 19.1. The Bertz CT molecular complexity index is 1120. The van der Waals surface area contributed by atoms with E-state index in [2.05, 4.69) is 36.8 Å². The van der Waals surface area contributed by atoms with Crippen LogP contribution in [0, 0.1) is 5.82 Å². The van der Waals surface area contributed by atoms with Gasteiger partial charge in [0.2, 0.25) is 0 Å². The van der Waals surface area contributed by atoms with Gasteiger partial charge in [-0.15, -0.1) is 0 Å². The Labute approximate surface area is 191 Å². The summed E-state index contributed by atoms with van der Waals surface area (Å²) in [5, 5.41) is 8.32. The number of methoxy groups -OCH3 is 1. The fourth-order valence-corrected chi connectivity index (χ4v) is 3.72. The maximum atomic E-state index is 15.9. The van der Waals surface area contributed by atoms with Gasteiger partial charge in [0, 0.05) is 55.2 Å². The molecule has 0 spiro atoms. The third-order valence-corrected chi connectivity index (χ3v) is 5.66. The number of benzene rings is 1. The number of nitrogens with one attached hydrogen (secondary N) is 3. The SMILES string of the molecule is CCNC(=O)NC1=C=Nc2cc(-c3cnc(C(C)(C)OC)nc3)c(F)c([C@H]3CCCO3)c2N1. The van der Waals surface area contributed by atoms with Crippen molar-refractivity contribution in [3.63, 3.8) is 0 Å². The van der Waals surface area contributed by atoms with E-state index in [0.717, 1.165) is 6.42 Å². The lowest BCUT2D eigenvalue weighted by Crippen LogP contribution is -2.37. The topological polar surface area (TPSA) is 110 Å². The predicted octanol–water partition coefficient (Wildman–Crippen LogP) is 3.90. The first-order valence-electron chi connectivity index (χ1n) is 10.9. The van der Waals surface area contributed by atoms with Crippen LogP contribution >= 0.6 is 0 Å². The molecule has 0 radical (unpaired) electrons. The number of aromatic nitrogens is 2. The van der Waals surface area contributed by atoms with Crippen LogP contribution in [-0.2, 0) is 15.1 Å². The average Bonchev–Trinajstić information content (AvgIpc) is 3.33. The van der Waals surface area contributed by atoms with Crippen molar-refractivity contribution in [1.82, 2.24) is 20.6 Å². The highest BCUT2D eigenvalue weighted by Gasteiger charge is 2.31. The van der Waals surface area contributed by atoms with Crippen LogP contribution < -0.4 is 16.0 Å². The number of ether oxygens (including phenoxy) is 2. The zero-order valence-electron chi connectivity index (χ0n) is 19.1. The molecule has 174 valence electrons. The monoisotopic (exact) mass is 454 g/mol. The maximum absolute atomic E-state index is 15.9. The maximum Gasteiger partial charge on any atom is 0.320 e. The molecule has 2 amide bonds. The van der Waals surface area contributed by atoms with Crippen molar-refractivity contribution in [2.75, 3.05) is 25.6 Å². The quantitative estimate of drug-likeness (QED) is 0.611. The molecule has 1 aromatic heterocycles. The Morgan fingerprint density at radius 1 is 1.39 bits per heavy atom. The normalized spacial score (nSPS) is 17.2. The summed E-state index contributed by atoms with van der Waals surface area (Å²) in [5.41, 5.74) is 1.46. The molecule has 2 aliphatic rings. The smallest absolute Gasteiger partial charge is 0.320 e. The molecule has 1 aromatic carbocycles. The van der Waals surface area contributed by atoms with Crippen molar-refractivity contribution in [3.8, 4) is 11.1 Å². The predicted molar refractivity (Wildman–Crippen MR) is 122 cm³/mol. The minimum Gasteiger partial charge on any atom is -0.373 e. The number of aliphatic imine (C=N–C) groups is 1. The number of anilines is 1. The van der Waals surface area contributed by atoms with Crippen molar-refractivity contribution in [2.45, 2.75) is 45.3 Å². The number of halogens is 1. The highest BCUT2D eigenvalue weighted by atomic mass is 19.1. The van der Waals surface area contributed by atoms with Crippen LogP contribution in [0.3, 0.4) is 0 Å². The first kappa shape index (κ1) is 22.8. The third kappa shape index (κ3) is 4.59. The molecule has 3 N–H and O–H groups in total. The van der Waals surface area contributed by atoms with Gasteiger partial charge in [0.25, 0.3) is 0 Å². The summed E-state index contributed by atoms with van der Waals surface area (Å²) in [7, 11) is 1.59. The van der Waals surface area contributed by atoms with E-state index >= 15 is 4.39 Å². The average molecular weight is 455 g/mol. The fraction of sp³-hybridized carbons (Fsp3) is 0.435. The van der Waals surface area contributed by atoms with Gasteiger partial charge in [-0.1, -0.05) is 0 Å². The van der Waals surface area contributed by atoms with Gasteiger partial charge in [-0.05, 0) is 39.7 Å². The molecule has 3 heterocycles. The molecular formula is C23H27FN6O3. The highest BCUT2D eigenvalue weighted by Crippen LogP contribution is 2.45. The molecule has 2 aromatic rings. The number of carbonyl (C=O) groups excluding carboxylic acids is 1. The first-order valence-corrected chi connectivity index (χ1v) is 10.9. The summed E-state index contributed by atoms with van der Waals surface area (Å²) in [4.78, 5) is 25.0. The van der Waals surface area contributed by atoms with E-state index in [4.69, 9.17) is 9.47 Å². The minimum atomic E-state index is -0.664. The highest BCUT2D eigenvalue weighted by molar-refractivity contribution is 5.89. The van der Waals surface area contributed by atoms with Crippen LogP contribution in [0.4, 0.5) is 20.6 Å². The molecule has 0 bridgehead atoms. The molecule has 4 rings (SSSR count). The van der Waals surface area contributed by atoms with E-state index in [9.17, 15) is 4.79 Å². The van der Waals surface area contributed by atoms with Crippen molar-refractivity contribution in [3.05, 3.63) is 41.5 Å².